The van der Waals surface area contributed by atoms with Gasteiger partial charge in [0.05, 0.1) is 13.2 Å². The minimum atomic E-state index is -0.284. The van der Waals surface area contributed by atoms with E-state index >= 15 is 0 Å². The molecule has 0 N–H and O–H groups in total. The minimum absolute atomic E-state index is 0.284. The van der Waals surface area contributed by atoms with Crippen molar-refractivity contribution >= 4 is 5.82 Å². The highest BCUT2D eigenvalue weighted by atomic mass is 16.7. The van der Waals surface area contributed by atoms with Crippen LogP contribution in [0, 0.1) is 0 Å². The molecule has 0 bridgehead atoms. The van der Waals surface area contributed by atoms with Gasteiger partial charge in [0, 0.05) is 31.6 Å². The maximum atomic E-state index is 5.77. The Labute approximate surface area is 113 Å². The normalized spacial score (nSPS) is 24.9. The Balaban J connectivity index is 1.49. The lowest BCUT2D eigenvalue weighted by Gasteiger charge is -2.38. The van der Waals surface area contributed by atoms with Crippen molar-refractivity contribution in [2.75, 3.05) is 31.2 Å². The standard InChI is InChI=1S/C15H20N2O2/c1-2-12-4-5-14(16-13(12)3-1)17-8-6-15(7-9-17)18-10-11-19-15/h4-5H,1-3,6-11H2. The van der Waals surface area contributed by atoms with Crippen LogP contribution in [0.25, 0.3) is 0 Å². The van der Waals surface area contributed by atoms with Gasteiger partial charge in [0.2, 0.25) is 0 Å². The minimum Gasteiger partial charge on any atom is -0.356 e. The molecule has 4 nitrogen and oxygen atoms in total. The van der Waals surface area contributed by atoms with Gasteiger partial charge in [-0.05, 0) is 30.9 Å². The number of piperidine rings is 1. The summed E-state index contributed by atoms with van der Waals surface area (Å²) in [5, 5.41) is 0. The first-order chi connectivity index (χ1) is 9.35. The number of ether oxygens (including phenoxy) is 2. The number of nitrogens with zero attached hydrogens (tertiary/aromatic N) is 2. The Morgan fingerprint density at radius 3 is 2.63 bits per heavy atom. The fourth-order valence-corrected chi connectivity index (χ4v) is 3.45. The SMILES string of the molecule is c1cc2c(nc1N1CCC3(CC1)OCCO3)CCC2. The monoisotopic (exact) mass is 260 g/mol. The molecule has 0 unspecified atom stereocenters. The van der Waals surface area contributed by atoms with Gasteiger partial charge in [-0.25, -0.2) is 4.98 Å². The second-order valence-corrected chi connectivity index (χ2v) is 5.72. The van der Waals surface area contributed by atoms with Crippen LogP contribution in [0.5, 0.6) is 0 Å². The highest BCUT2D eigenvalue weighted by Crippen LogP contribution is 2.33. The van der Waals surface area contributed by atoms with Gasteiger partial charge >= 0.3 is 0 Å². The number of hydrogen-bond acceptors (Lipinski definition) is 4. The predicted octanol–water partition coefficient (Wildman–Crippen LogP) is 1.91. The summed E-state index contributed by atoms with van der Waals surface area (Å²) in [5.74, 6) is 0.848. The van der Waals surface area contributed by atoms with Gasteiger partial charge in [0.25, 0.3) is 0 Å². The van der Waals surface area contributed by atoms with E-state index in [1.165, 1.54) is 24.1 Å². The fraction of sp³-hybridized carbons (Fsp3) is 0.667. The van der Waals surface area contributed by atoms with E-state index in [1.807, 2.05) is 0 Å². The molecule has 1 aromatic rings. The van der Waals surface area contributed by atoms with Crippen molar-refractivity contribution in [1.82, 2.24) is 4.98 Å². The Morgan fingerprint density at radius 2 is 1.84 bits per heavy atom. The van der Waals surface area contributed by atoms with Crippen molar-refractivity contribution in [1.29, 1.82) is 0 Å². The Hall–Kier alpha value is -1.13. The van der Waals surface area contributed by atoms with Crippen LogP contribution >= 0.6 is 0 Å². The van der Waals surface area contributed by atoms with Crippen LogP contribution in [0.3, 0.4) is 0 Å². The first-order valence-corrected chi connectivity index (χ1v) is 7.36. The molecule has 3 aliphatic rings. The van der Waals surface area contributed by atoms with E-state index in [2.05, 4.69) is 17.0 Å². The molecule has 4 rings (SSSR count). The summed E-state index contributed by atoms with van der Waals surface area (Å²) in [6.45, 7) is 3.45. The zero-order valence-corrected chi connectivity index (χ0v) is 11.2. The van der Waals surface area contributed by atoms with E-state index in [-0.39, 0.29) is 5.79 Å². The summed E-state index contributed by atoms with van der Waals surface area (Å²) in [6, 6.07) is 4.44. The molecule has 2 saturated heterocycles. The molecule has 1 aliphatic carbocycles. The zero-order valence-electron chi connectivity index (χ0n) is 11.2. The van der Waals surface area contributed by atoms with E-state index in [0.29, 0.717) is 0 Å². The summed E-state index contributed by atoms with van der Waals surface area (Å²) < 4.78 is 11.5. The Bertz CT molecular complexity index is 473. The van der Waals surface area contributed by atoms with Crippen molar-refractivity contribution in [3.05, 3.63) is 23.4 Å². The third-order valence-electron chi connectivity index (χ3n) is 4.58. The van der Waals surface area contributed by atoms with Crippen LogP contribution in [0.4, 0.5) is 5.82 Å². The average molecular weight is 260 g/mol. The summed E-state index contributed by atoms with van der Waals surface area (Å²) in [5.41, 5.74) is 2.76. The summed E-state index contributed by atoms with van der Waals surface area (Å²) in [7, 11) is 0. The maximum absolute atomic E-state index is 5.77. The third kappa shape index (κ3) is 2.03. The largest absolute Gasteiger partial charge is 0.356 e. The Kier molecular flexibility index (Phi) is 2.74. The smallest absolute Gasteiger partial charge is 0.171 e. The van der Waals surface area contributed by atoms with Crippen molar-refractivity contribution in [2.24, 2.45) is 0 Å². The first kappa shape index (κ1) is 11.7. The van der Waals surface area contributed by atoms with Crippen molar-refractivity contribution in [3.63, 3.8) is 0 Å². The van der Waals surface area contributed by atoms with Crippen LogP contribution in [0.15, 0.2) is 12.1 Å². The molecule has 2 fully saturated rings. The van der Waals surface area contributed by atoms with E-state index in [1.54, 1.807) is 0 Å². The van der Waals surface area contributed by atoms with Gasteiger partial charge in [0.15, 0.2) is 5.79 Å². The second-order valence-electron chi connectivity index (χ2n) is 5.72. The molecule has 0 saturated carbocycles. The average Bonchev–Trinajstić information content (AvgIpc) is 3.08. The van der Waals surface area contributed by atoms with Crippen molar-refractivity contribution in [2.45, 2.75) is 37.9 Å². The van der Waals surface area contributed by atoms with Gasteiger partial charge in [0.1, 0.15) is 5.82 Å². The fourth-order valence-electron chi connectivity index (χ4n) is 3.45. The number of aromatic nitrogens is 1. The highest BCUT2D eigenvalue weighted by Gasteiger charge is 2.40. The molecule has 0 atom stereocenters. The first-order valence-electron chi connectivity index (χ1n) is 7.36. The number of hydrogen-bond donors (Lipinski definition) is 0. The van der Waals surface area contributed by atoms with Gasteiger partial charge in [-0.1, -0.05) is 6.07 Å². The molecule has 0 amide bonds. The lowest BCUT2D eigenvalue weighted by Crippen LogP contribution is -2.45. The number of rotatable bonds is 1. The van der Waals surface area contributed by atoms with Crippen LogP contribution in [0.1, 0.15) is 30.5 Å². The topological polar surface area (TPSA) is 34.6 Å². The van der Waals surface area contributed by atoms with Crippen molar-refractivity contribution < 1.29 is 9.47 Å². The van der Waals surface area contributed by atoms with Crippen molar-refractivity contribution in [3.8, 4) is 0 Å². The van der Waals surface area contributed by atoms with Gasteiger partial charge < -0.3 is 14.4 Å². The molecule has 1 aromatic heterocycles. The molecule has 0 aromatic carbocycles. The van der Waals surface area contributed by atoms with Crippen LogP contribution < -0.4 is 4.90 Å². The van der Waals surface area contributed by atoms with E-state index in [4.69, 9.17) is 14.5 Å². The second kappa shape index (κ2) is 4.46. The van der Waals surface area contributed by atoms with Gasteiger partial charge in [-0.15, -0.1) is 0 Å². The number of pyridine rings is 1. The van der Waals surface area contributed by atoms with Crippen LogP contribution in [0.2, 0.25) is 0 Å². The molecular weight excluding hydrogens is 240 g/mol. The van der Waals surface area contributed by atoms with E-state index in [0.717, 1.165) is 51.4 Å². The molecule has 19 heavy (non-hydrogen) atoms. The molecule has 4 heteroatoms. The van der Waals surface area contributed by atoms with Gasteiger partial charge in [-0.2, -0.15) is 0 Å². The molecule has 2 aliphatic heterocycles. The molecular formula is C15H20N2O2. The third-order valence-corrected chi connectivity index (χ3v) is 4.58. The van der Waals surface area contributed by atoms with Crippen LogP contribution in [-0.4, -0.2) is 37.1 Å². The lowest BCUT2D eigenvalue weighted by molar-refractivity contribution is -0.169. The summed E-state index contributed by atoms with van der Waals surface area (Å²) >= 11 is 0. The van der Waals surface area contributed by atoms with E-state index < -0.39 is 0 Å². The number of anilines is 1. The van der Waals surface area contributed by atoms with Crippen LogP contribution in [-0.2, 0) is 22.3 Å². The van der Waals surface area contributed by atoms with E-state index in [9.17, 15) is 0 Å². The Morgan fingerprint density at radius 1 is 1.05 bits per heavy atom. The summed E-state index contributed by atoms with van der Waals surface area (Å²) in [4.78, 5) is 7.21. The zero-order chi connectivity index (χ0) is 12.7. The maximum Gasteiger partial charge on any atom is 0.171 e. The predicted molar refractivity (Wildman–Crippen MR) is 72.3 cm³/mol. The molecule has 0 radical (unpaired) electrons. The quantitative estimate of drug-likeness (QED) is 0.772. The number of aryl methyl sites for hydroxylation is 2. The number of fused-ring (bicyclic) bond motifs is 1. The van der Waals surface area contributed by atoms with Gasteiger partial charge in [-0.3, -0.25) is 0 Å². The lowest BCUT2D eigenvalue weighted by atomic mass is 10.0. The summed E-state index contributed by atoms with van der Waals surface area (Å²) in [6.07, 6.45) is 5.51. The molecule has 3 heterocycles. The highest BCUT2D eigenvalue weighted by molar-refractivity contribution is 5.43. The molecule has 1 spiro atoms. The molecule has 102 valence electrons.